The molecule has 1 heterocycles. The number of aryl methyl sites for hydroxylation is 1. The smallest absolute Gasteiger partial charge is 0.264 e. The molecule has 24 heavy (non-hydrogen) atoms. The molecule has 5 heteroatoms. The largest absolute Gasteiger partial charge is 0.496 e. The summed E-state index contributed by atoms with van der Waals surface area (Å²) >= 11 is 0. The molecule has 2 aromatic carbocycles. The van der Waals surface area contributed by atoms with Crippen molar-refractivity contribution in [3.8, 4) is 5.75 Å². The number of rotatable bonds is 3. The van der Waals surface area contributed by atoms with Gasteiger partial charge in [0.05, 0.1) is 17.7 Å². The second-order valence-corrected chi connectivity index (χ2v) is 8.24. The predicted octanol–water partition coefficient (Wildman–Crippen LogP) is 3.76. The van der Waals surface area contributed by atoms with E-state index in [-0.39, 0.29) is 6.04 Å². The summed E-state index contributed by atoms with van der Waals surface area (Å²) in [6.45, 7) is 7.58. The van der Waals surface area contributed by atoms with Crippen LogP contribution in [0.2, 0.25) is 0 Å². The van der Waals surface area contributed by atoms with Crippen molar-refractivity contribution in [1.82, 2.24) is 0 Å². The van der Waals surface area contributed by atoms with E-state index in [4.69, 9.17) is 4.74 Å². The lowest BCUT2D eigenvalue weighted by Gasteiger charge is -2.26. The highest BCUT2D eigenvalue weighted by Gasteiger charge is 2.37. The summed E-state index contributed by atoms with van der Waals surface area (Å²) in [5.41, 5.74) is 4.31. The lowest BCUT2D eigenvalue weighted by atomic mass is 10.1. The molecule has 128 valence electrons. The number of nitrogens with zero attached hydrogens (tertiary/aromatic N) is 1. The Morgan fingerprint density at radius 2 is 1.79 bits per heavy atom. The van der Waals surface area contributed by atoms with E-state index in [0.717, 1.165) is 40.1 Å². The molecule has 0 saturated heterocycles. The molecule has 0 aromatic heterocycles. The molecule has 0 spiro atoms. The van der Waals surface area contributed by atoms with E-state index in [1.807, 2.05) is 52.0 Å². The highest BCUT2D eigenvalue weighted by Crippen LogP contribution is 2.39. The Hall–Kier alpha value is -2.01. The van der Waals surface area contributed by atoms with Gasteiger partial charge in [0.15, 0.2) is 0 Å². The van der Waals surface area contributed by atoms with Crippen LogP contribution in [0.3, 0.4) is 0 Å². The summed E-state index contributed by atoms with van der Waals surface area (Å²) in [7, 11) is -2.01. The number of para-hydroxylation sites is 1. The normalized spacial score (nSPS) is 17.0. The number of benzene rings is 2. The van der Waals surface area contributed by atoms with Crippen LogP contribution >= 0.6 is 0 Å². The van der Waals surface area contributed by atoms with Crippen molar-refractivity contribution in [2.75, 3.05) is 11.4 Å². The Bertz CT molecular complexity index is 903. The monoisotopic (exact) mass is 345 g/mol. The van der Waals surface area contributed by atoms with Gasteiger partial charge in [-0.25, -0.2) is 8.42 Å². The van der Waals surface area contributed by atoms with Crippen molar-refractivity contribution >= 4 is 15.7 Å². The zero-order chi connectivity index (χ0) is 17.6. The van der Waals surface area contributed by atoms with Gasteiger partial charge in [-0.05, 0) is 68.5 Å². The third-order valence-corrected chi connectivity index (χ3v) is 6.92. The van der Waals surface area contributed by atoms with Crippen molar-refractivity contribution < 1.29 is 13.2 Å². The first-order valence-corrected chi connectivity index (χ1v) is 9.50. The maximum absolute atomic E-state index is 13.4. The summed E-state index contributed by atoms with van der Waals surface area (Å²) < 4.78 is 33.8. The van der Waals surface area contributed by atoms with Crippen molar-refractivity contribution in [3.63, 3.8) is 0 Å². The van der Waals surface area contributed by atoms with Gasteiger partial charge in [0.1, 0.15) is 5.75 Å². The molecule has 0 aliphatic carbocycles. The van der Waals surface area contributed by atoms with Crippen molar-refractivity contribution in [2.24, 2.45) is 0 Å². The van der Waals surface area contributed by atoms with Crippen LogP contribution in [0.1, 0.15) is 29.2 Å². The molecule has 0 bridgehead atoms. The van der Waals surface area contributed by atoms with E-state index in [2.05, 4.69) is 0 Å². The summed E-state index contributed by atoms with van der Waals surface area (Å²) in [6, 6.07) is 9.36. The molecule has 1 aliphatic rings. The molecule has 2 aromatic rings. The number of fused-ring (bicyclic) bond motifs is 1. The molecule has 3 rings (SSSR count). The number of hydrogen-bond donors (Lipinski definition) is 0. The third-order valence-electron chi connectivity index (χ3n) is 4.86. The van der Waals surface area contributed by atoms with Crippen LogP contribution in [-0.4, -0.2) is 21.6 Å². The Morgan fingerprint density at radius 1 is 1.12 bits per heavy atom. The topological polar surface area (TPSA) is 46.6 Å². The van der Waals surface area contributed by atoms with Gasteiger partial charge in [-0.15, -0.1) is 0 Å². The van der Waals surface area contributed by atoms with E-state index in [0.29, 0.717) is 4.90 Å². The summed E-state index contributed by atoms with van der Waals surface area (Å²) in [5, 5.41) is 0. The number of hydrogen-bond acceptors (Lipinski definition) is 3. The lowest BCUT2D eigenvalue weighted by molar-refractivity contribution is 0.407. The van der Waals surface area contributed by atoms with Crippen molar-refractivity contribution in [1.29, 1.82) is 0 Å². The van der Waals surface area contributed by atoms with Gasteiger partial charge in [-0.1, -0.05) is 18.2 Å². The SMILES string of the molecule is COc1c(C)cc(S(=O)(=O)N2c3ccccc3CC2C)c(C)c1C. The summed E-state index contributed by atoms with van der Waals surface area (Å²) in [4.78, 5) is 0.363. The fourth-order valence-corrected chi connectivity index (χ4v) is 5.68. The van der Waals surface area contributed by atoms with E-state index >= 15 is 0 Å². The fourth-order valence-electron chi connectivity index (χ4n) is 3.61. The van der Waals surface area contributed by atoms with Gasteiger partial charge >= 0.3 is 0 Å². The maximum atomic E-state index is 13.4. The number of anilines is 1. The van der Waals surface area contributed by atoms with Gasteiger partial charge in [0, 0.05) is 6.04 Å². The average Bonchev–Trinajstić information content (AvgIpc) is 2.87. The van der Waals surface area contributed by atoms with Gasteiger partial charge in [0.25, 0.3) is 10.0 Å². The van der Waals surface area contributed by atoms with E-state index in [1.54, 1.807) is 17.5 Å². The second kappa shape index (κ2) is 5.81. The van der Waals surface area contributed by atoms with Gasteiger partial charge < -0.3 is 4.74 Å². The van der Waals surface area contributed by atoms with Crippen LogP contribution in [0.5, 0.6) is 5.75 Å². The highest BCUT2D eigenvalue weighted by molar-refractivity contribution is 7.93. The zero-order valence-corrected chi connectivity index (χ0v) is 15.6. The summed E-state index contributed by atoms with van der Waals surface area (Å²) in [5.74, 6) is 0.751. The molecule has 0 radical (unpaired) electrons. The molecule has 0 saturated carbocycles. The van der Waals surface area contributed by atoms with Gasteiger partial charge in [-0.3, -0.25) is 4.31 Å². The van der Waals surface area contributed by atoms with Gasteiger partial charge in [-0.2, -0.15) is 0 Å². The average molecular weight is 345 g/mol. The molecular formula is C19H23NO3S. The quantitative estimate of drug-likeness (QED) is 0.851. The first kappa shape index (κ1) is 16.8. The minimum absolute atomic E-state index is 0.0884. The first-order chi connectivity index (χ1) is 11.3. The van der Waals surface area contributed by atoms with Crippen LogP contribution in [0.25, 0.3) is 0 Å². The standard InChI is InChI=1S/C19H23NO3S/c1-12-10-18(14(3)15(4)19(12)23-5)24(21,22)20-13(2)11-16-8-6-7-9-17(16)20/h6-10,13H,11H2,1-5H3. The molecule has 1 aliphatic heterocycles. The van der Waals surface area contributed by atoms with E-state index in [9.17, 15) is 8.42 Å². The van der Waals surface area contributed by atoms with Crippen LogP contribution in [0.4, 0.5) is 5.69 Å². The molecule has 1 unspecified atom stereocenters. The zero-order valence-electron chi connectivity index (χ0n) is 14.8. The molecule has 0 N–H and O–H groups in total. The molecule has 1 atom stereocenters. The minimum atomic E-state index is -3.62. The Balaban J connectivity index is 2.20. The van der Waals surface area contributed by atoms with Crippen LogP contribution in [0.15, 0.2) is 35.2 Å². The third kappa shape index (κ3) is 2.38. The van der Waals surface area contributed by atoms with E-state index in [1.165, 1.54) is 0 Å². The summed E-state index contributed by atoms with van der Waals surface area (Å²) in [6.07, 6.45) is 0.739. The fraction of sp³-hybridized carbons (Fsp3) is 0.368. The molecule has 4 nitrogen and oxygen atoms in total. The number of ether oxygens (including phenoxy) is 1. The molecule has 0 amide bonds. The number of methoxy groups -OCH3 is 1. The maximum Gasteiger partial charge on any atom is 0.264 e. The van der Waals surface area contributed by atoms with Crippen LogP contribution < -0.4 is 9.04 Å². The molecule has 0 fully saturated rings. The molecular weight excluding hydrogens is 322 g/mol. The Kier molecular flexibility index (Phi) is 4.08. The minimum Gasteiger partial charge on any atom is -0.496 e. The first-order valence-electron chi connectivity index (χ1n) is 8.06. The highest BCUT2D eigenvalue weighted by atomic mass is 32.2. The predicted molar refractivity (Wildman–Crippen MR) is 96.5 cm³/mol. The Labute approximate surface area is 144 Å². The second-order valence-electron chi connectivity index (χ2n) is 6.46. The van der Waals surface area contributed by atoms with E-state index < -0.39 is 10.0 Å². The van der Waals surface area contributed by atoms with Crippen molar-refractivity contribution in [3.05, 3.63) is 52.6 Å². The van der Waals surface area contributed by atoms with Gasteiger partial charge in [0.2, 0.25) is 0 Å². The Morgan fingerprint density at radius 3 is 2.46 bits per heavy atom. The van der Waals surface area contributed by atoms with Crippen molar-refractivity contribution in [2.45, 2.75) is 45.1 Å². The lowest BCUT2D eigenvalue weighted by Crippen LogP contribution is -2.36. The number of sulfonamides is 1. The van der Waals surface area contributed by atoms with Crippen LogP contribution in [-0.2, 0) is 16.4 Å². The van der Waals surface area contributed by atoms with Crippen LogP contribution in [0, 0.1) is 20.8 Å².